The van der Waals surface area contributed by atoms with Crippen LogP contribution < -0.4 is 0 Å². The van der Waals surface area contributed by atoms with Crippen molar-refractivity contribution in [2.24, 2.45) is 0 Å². The van der Waals surface area contributed by atoms with Gasteiger partial charge in [-0.15, -0.1) is 0 Å². The number of hydrogen-bond acceptors (Lipinski definition) is 5. The van der Waals surface area contributed by atoms with E-state index < -0.39 is 0 Å². The first kappa shape index (κ1) is 14.4. The third-order valence-electron chi connectivity index (χ3n) is 4.64. The lowest BCUT2D eigenvalue weighted by atomic mass is 10.2. The molecule has 4 rings (SSSR count). The zero-order valence-corrected chi connectivity index (χ0v) is 13.5. The van der Waals surface area contributed by atoms with E-state index in [1.54, 1.807) is 4.68 Å². The molecule has 23 heavy (non-hydrogen) atoms. The molecule has 7 heteroatoms. The predicted octanol–water partition coefficient (Wildman–Crippen LogP) is 2.12. The highest BCUT2D eigenvalue weighted by molar-refractivity contribution is 5.76. The van der Waals surface area contributed by atoms with E-state index in [1.165, 1.54) is 0 Å². The van der Waals surface area contributed by atoms with E-state index in [9.17, 15) is 4.79 Å². The number of hydrogen-bond donors (Lipinski definition) is 0. The largest absolute Gasteiger partial charge is 0.339 e. The first-order valence-electron chi connectivity index (χ1n) is 8.26. The van der Waals surface area contributed by atoms with Gasteiger partial charge < -0.3 is 9.42 Å². The molecule has 1 aliphatic carbocycles. The second-order valence-electron chi connectivity index (χ2n) is 6.59. The summed E-state index contributed by atoms with van der Waals surface area (Å²) in [4.78, 5) is 19.1. The van der Waals surface area contributed by atoms with Gasteiger partial charge in [-0.3, -0.25) is 9.48 Å². The third kappa shape index (κ3) is 2.75. The lowest BCUT2D eigenvalue weighted by Crippen LogP contribution is -2.34. The number of rotatable bonds is 4. The Morgan fingerprint density at radius 1 is 1.35 bits per heavy atom. The predicted molar refractivity (Wildman–Crippen MR) is 81.7 cm³/mol. The molecule has 1 aliphatic heterocycles. The van der Waals surface area contributed by atoms with Crippen LogP contribution in [0.1, 0.15) is 60.7 Å². The summed E-state index contributed by atoms with van der Waals surface area (Å²) in [6, 6.07) is 1.92. The van der Waals surface area contributed by atoms with E-state index in [1.807, 2.05) is 24.8 Å². The number of carbonyl (C=O) groups is 1. The van der Waals surface area contributed by atoms with E-state index in [-0.39, 0.29) is 18.5 Å². The van der Waals surface area contributed by atoms with Crippen molar-refractivity contribution in [3.05, 3.63) is 29.2 Å². The summed E-state index contributed by atoms with van der Waals surface area (Å²) in [5.74, 6) is 1.90. The Kier molecular flexibility index (Phi) is 3.43. The Morgan fingerprint density at radius 2 is 2.17 bits per heavy atom. The topological polar surface area (TPSA) is 77.0 Å². The minimum Gasteiger partial charge on any atom is -0.339 e. The van der Waals surface area contributed by atoms with E-state index in [0.29, 0.717) is 11.7 Å². The summed E-state index contributed by atoms with van der Waals surface area (Å²) in [7, 11) is 0. The van der Waals surface area contributed by atoms with Gasteiger partial charge in [0.25, 0.3) is 0 Å². The van der Waals surface area contributed by atoms with Gasteiger partial charge in [-0.2, -0.15) is 10.1 Å². The fraction of sp³-hybridized carbons (Fsp3) is 0.625. The summed E-state index contributed by atoms with van der Waals surface area (Å²) in [5, 5.41) is 8.49. The molecule has 3 heterocycles. The fourth-order valence-corrected chi connectivity index (χ4v) is 3.27. The average molecular weight is 315 g/mol. The van der Waals surface area contributed by atoms with Gasteiger partial charge in [-0.05, 0) is 45.6 Å². The molecule has 2 aliphatic rings. The molecule has 1 atom stereocenters. The van der Waals surface area contributed by atoms with Crippen molar-refractivity contribution in [2.45, 2.75) is 58.0 Å². The zero-order chi connectivity index (χ0) is 16.0. The lowest BCUT2D eigenvalue weighted by molar-refractivity contribution is -0.133. The van der Waals surface area contributed by atoms with Crippen molar-refractivity contribution < 1.29 is 9.32 Å². The number of carbonyl (C=O) groups excluding carboxylic acids is 1. The van der Waals surface area contributed by atoms with Crippen LogP contribution in [-0.2, 0) is 11.3 Å². The van der Waals surface area contributed by atoms with Crippen LogP contribution in [0.3, 0.4) is 0 Å². The molecule has 122 valence electrons. The first-order valence-corrected chi connectivity index (χ1v) is 8.26. The van der Waals surface area contributed by atoms with Crippen LogP contribution in [0.4, 0.5) is 0 Å². The Morgan fingerprint density at radius 3 is 2.87 bits per heavy atom. The molecule has 0 spiro atoms. The molecule has 0 aromatic carbocycles. The van der Waals surface area contributed by atoms with Gasteiger partial charge in [-0.25, -0.2) is 0 Å². The van der Waals surface area contributed by atoms with Crippen LogP contribution in [0.5, 0.6) is 0 Å². The molecule has 2 aromatic rings. The number of likely N-dealkylation sites (tertiary alicyclic amines) is 1. The Balaban J connectivity index is 1.49. The van der Waals surface area contributed by atoms with Crippen LogP contribution in [-0.4, -0.2) is 37.3 Å². The van der Waals surface area contributed by atoms with Gasteiger partial charge >= 0.3 is 0 Å². The zero-order valence-electron chi connectivity index (χ0n) is 13.5. The summed E-state index contributed by atoms with van der Waals surface area (Å²) in [5.41, 5.74) is 1.93. The molecule has 0 bridgehead atoms. The summed E-state index contributed by atoms with van der Waals surface area (Å²) >= 11 is 0. The Bertz CT molecular complexity index is 731. The molecule has 1 amide bonds. The SMILES string of the molecule is Cc1cc(C)n(CC(=O)N2CCCC2c2noc(C3CC3)n2)n1. The van der Waals surface area contributed by atoms with Crippen LogP contribution in [0, 0.1) is 13.8 Å². The minimum absolute atomic E-state index is 0.0595. The molecule has 7 nitrogen and oxygen atoms in total. The van der Waals surface area contributed by atoms with Crippen molar-refractivity contribution in [2.75, 3.05) is 6.54 Å². The van der Waals surface area contributed by atoms with E-state index in [2.05, 4.69) is 15.2 Å². The van der Waals surface area contributed by atoms with Crippen molar-refractivity contribution >= 4 is 5.91 Å². The van der Waals surface area contributed by atoms with Crippen LogP contribution in [0.15, 0.2) is 10.6 Å². The van der Waals surface area contributed by atoms with Gasteiger partial charge in [0, 0.05) is 18.2 Å². The lowest BCUT2D eigenvalue weighted by Gasteiger charge is -2.22. The molecule has 2 fully saturated rings. The maximum atomic E-state index is 12.7. The highest BCUT2D eigenvalue weighted by Gasteiger charge is 2.36. The Hall–Kier alpha value is -2.18. The monoisotopic (exact) mass is 315 g/mol. The minimum atomic E-state index is -0.0595. The van der Waals surface area contributed by atoms with Crippen LogP contribution in [0.25, 0.3) is 0 Å². The van der Waals surface area contributed by atoms with Gasteiger partial charge in [0.15, 0.2) is 5.82 Å². The molecule has 1 saturated carbocycles. The smallest absolute Gasteiger partial charge is 0.244 e. The van der Waals surface area contributed by atoms with Crippen molar-refractivity contribution in [3.8, 4) is 0 Å². The first-order chi connectivity index (χ1) is 11.1. The highest BCUT2D eigenvalue weighted by atomic mass is 16.5. The summed E-state index contributed by atoms with van der Waals surface area (Å²) < 4.78 is 7.12. The molecule has 0 N–H and O–H groups in total. The van der Waals surface area contributed by atoms with Gasteiger partial charge in [0.2, 0.25) is 11.8 Å². The molecule has 0 radical (unpaired) electrons. The molecule has 1 saturated heterocycles. The summed E-state index contributed by atoms with van der Waals surface area (Å²) in [6.45, 7) is 4.92. The molecule has 1 unspecified atom stereocenters. The standard InChI is InChI=1S/C16H21N5O2/c1-10-8-11(2)21(18-10)9-14(22)20-7-3-4-13(20)15-17-16(23-19-15)12-5-6-12/h8,12-13H,3-7,9H2,1-2H3. The number of amides is 1. The van der Waals surface area contributed by atoms with E-state index in [4.69, 9.17) is 4.52 Å². The van der Waals surface area contributed by atoms with Crippen LogP contribution in [0.2, 0.25) is 0 Å². The fourth-order valence-electron chi connectivity index (χ4n) is 3.27. The number of nitrogens with zero attached hydrogens (tertiary/aromatic N) is 5. The third-order valence-corrected chi connectivity index (χ3v) is 4.64. The number of aromatic nitrogens is 4. The Labute approximate surface area is 134 Å². The van der Waals surface area contributed by atoms with E-state index in [0.717, 1.165) is 49.5 Å². The van der Waals surface area contributed by atoms with Gasteiger partial charge in [0.1, 0.15) is 6.54 Å². The normalized spacial score (nSPS) is 21.1. The average Bonchev–Trinajstić information content (AvgIpc) is 2.95. The van der Waals surface area contributed by atoms with E-state index >= 15 is 0 Å². The maximum absolute atomic E-state index is 12.7. The van der Waals surface area contributed by atoms with Gasteiger partial charge in [-0.1, -0.05) is 5.16 Å². The van der Waals surface area contributed by atoms with Crippen molar-refractivity contribution in [1.82, 2.24) is 24.8 Å². The molecule has 2 aromatic heterocycles. The summed E-state index contributed by atoms with van der Waals surface area (Å²) in [6.07, 6.45) is 4.13. The maximum Gasteiger partial charge on any atom is 0.244 e. The second kappa shape index (κ2) is 5.47. The highest BCUT2D eigenvalue weighted by Crippen LogP contribution is 2.40. The second-order valence-corrected chi connectivity index (χ2v) is 6.59. The quantitative estimate of drug-likeness (QED) is 0.863. The van der Waals surface area contributed by atoms with Crippen LogP contribution >= 0.6 is 0 Å². The molecular formula is C16H21N5O2. The van der Waals surface area contributed by atoms with Gasteiger partial charge in [0.05, 0.1) is 11.7 Å². The molecular weight excluding hydrogens is 294 g/mol. The van der Waals surface area contributed by atoms with Crippen molar-refractivity contribution in [3.63, 3.8) is 0 Å². The van der Waals surface area contributed by atoms with Crippen molar-refractivity contribution in [1.29, 1.82) is 0 Å². The number of aryl methyl sites for hydroxylation is 2.